The highest BCUT2D eigenvalue weighted by Crippen LogP contribution is 2.25. The summed E-state index contributed by atoms with van der Waals surface area (Å²) in [4.78, 5) is 16.8. The molecule has 1 aromatic heterocycles. The van der Waals surface area contributed by atoms with Gasteiger partial charge in [0.15, 0.2) is 5.16 Å². The summed E-state index contributed by atoms with van der Waals surface area (Å²) in [6.07, 6.45) is 1.45. The SMILES string of the molecule is Cc1ccc(C)c(-n2c(C)nnc2SCC(=O)Nc2cccc(S(=O)(=O)NC3=NCCC3)c2)c1. The van der Waals surface area contributed by atoms with Crippen molar-refractivity contribution < 1.29 is 13.2 Å². The van der Waals surface area contributed by atoms with Crippen molar-refractivity contribution in [3.05, 3.63) is 59.4 Å². The fourth-order valence-electron chi connectivity index (χ4n) is 3.58. The number of carbonyl (C=O) groups excluding carboxylic acids is 1. The average Bonchev–Trinajstić information content (AvgIpc) is 3.43. The first kappa shape index (κ1) is 24.0. The summed E-state index contributed by atoms with van der Waals surface area (Å²) in [5.74, 6) is 1.01. The highest BCUT2D eigenvalue weighted by Gasteiger charge is 2.19. The van der Waals surface area contributed by atoms with Crippen LogP contribution in [-0.4, -0.2) is 47.2 Å². The number of amidine groups is 1. The summed E-state index contributed by atoms with van der Waals surface area (Å²) in [5, 5.41) is 11.8. The van der Waals surface area contributed by atoms with Gasteiger partial charge in [-0.15, -0.1) is 10.2 Å². The minimum Gasteiger partial charge on any atom is -0.325 e. The Kier molecular flexibility index (Phi) is 7.03. The Labute approximate surface area is 203 Å². The number of nitrogens with one attached hydrogen (secondary N) is 2. The van der Waals surface area contributed by atoms with Crippen LogP contribution in [0.3, 0.4) is 0 Å². The monoisotopic (exact) mass is 498 g/mol. The second kappa shape index (κ2) is 9.98. The molecule has 0 bridgehead atoms. The second-order valence-electron chi connectivity index (χ2n) is 8.06. The average molecular weight is 499 g/mol. The van der Waals surface area contributed by atoms with Crippen molar-refractivity contribution in [3.63, 3.8) is 0 Å². The molecule has 178 valence electrons. The van der Waals surface area contributed by atoms with Crippen LogP contribution in [0, 0.1) is 20.8 Å². The van der Waals surface area contributed by atoms with E-state index in [9.17, 15) is 13.2 Å². The fourth-order valence-corrected chi connectivity index (χ4v) is 5.50. The van der Waals surface area contributed by atoms with Gasteiger partial charge in [-0.2, -0.15) is 0 Å². The molecule has 11 heteroatoms. The summed E-state index contributed by atoms with van der Waals surface area (Å²) in [7, 11) is -3.76. The molecule has 0 atom stereocenters. The highest BCUT2D eigenvalue weighted by molar-refractivity contribution is 7.99. The molecule has 0 radical (unpaired) electrons. The maximum absolute atomic E-state index is 12.6. The number of thioether (sulfide) groups is 1. The molecule has 1 amide bonds. The summed E-state index contributed by atoms with van der Waals surface area (Å²) in [5.41, 5.74) is 3.57. The van der Waals surface area contributed by atoms with Crippen molar-refractivity contribution in [2.24, 2.45) is 4.99 Å². The van der Waals surface area contributed by atoms with E-state index in [-0.39, 0.29) is 16.6 Å². The quantitative estimate of drug-likeness (QED) is 0.482. The number of aromatic nitrogens is 3. The first-order valence-electron chi connectivity index (χ1n) is 10.8. The van der Waals surface area contributed by atoms with Crippen molar-refractivity contribution in [1.29, 1.82) is 0 Å². The van der Waals surface area contributed by atoms with Crippen LogP contribution in [0.5, 0.6) is 0 Å². The normalized spacial score (nSPS) is 13.6. The van der Waals surface area contributed by atoms with Gasteiger partial charge in [-0.1, -0.05) is 30.0 Å². The Hall–Kier alpha value is -3.18. The minimum absolute atomic E-state index is 0.0674. The zero-order valence-corrected chi connectivity index (χ0v) is 20.8. The predicted molar refractivity (Wildman–Crippen MR) is 133 cm³/mol. The van der Waals surface area contributed by atoms with E-state index in [1.807, 2.05) is 37.5 Å². The summed E-state index contributed by atoms with van der Waals surface area (Å²) >= 11 is 1.27. The van der Waals surface area contributed by atoms with Gasteiger partial charge in [0.05, 0.1) is 16.3 Å². The van der Waals surface area contributed by atoms with Gasteiger partial charge in [-0.3, -0.25) is 19.1 Å². The number of nitrogens with zero attached hydrogens (tertiary/aromatic N) is 4. The van der Waals surface area contributed by atoms with Gasteiger partial charge in [0.2, 0.25) is 5.91 Å². The highest BCUT2D eigenvalue weighted by atomic mass is 32.2. The van der Waals surface area contributed by atoms with Crippen molar-refractivity contribution in [3.8, 4) is 5.69 Å². The smallest absolute Gasteiger partial charge is 0.262 e. The van der Waals surface area contributed by atoms with E-state index >= 15 is 0 Å². The van der Waals surface area contributed by atoms with Crippen molar-refractivity contribution in [2.75, 3.05) is 17.6 Å². The molecule has 9 nitrogen and oxygen atoms in total. The van der Waals surface area contributed by atoms with Crippen molar-refractivity contribution >= 4 is 39.2 Å². The van der Waals surface area contributed by atoms with Crippen LogP contribution in [0.2, 0.25) is 0 Å². The maximum Gasteiger partial charge on any atom is 0.262 e. The van der Waals surface area contributed by atoms with Crippen LogP contribution in [0.1, 0.15) is 29.8 Å². The number of benzene rings is 2. The standard InChI is InChI=1S/C23H26N6O3S2/c1-15-9-10-16(2)20(12-15)29-17(3)26-27-23(29)33-14-22(30)25-18-6-4-7-19(13-18)34(31,32)28-21-8-5-11-24-21/h4,6-7,9-10,12-13H,5,8,11,14H2,1-3H3,(H,24,28)(H,25,30). The molecule has 0 aliphatic carbocycles. The minimum atomic E-state index is -3.76. The third-order valence-corrected chi connectivity index (χ3v) is 7.60. The first-order chi connectivity index (χ1) is 16.2. The number of carbonyl (C=O) groups is 1. The van der Waals surface area contributed by atoms with E-state index < -0.39 is 10.0 Å². The molecule has 1 aliphatic rings. The number of anilines is 1. The van der Waals surface area contributed by atoms with Crippen LogP contribution in [0.15, 0.2) is 57.5 Å². The Morgan fingerprint density at radius 2 is 1.94 bits per heavy atom. The van der Waals surface area contributed by atoms with E-state index in [0.717, 1.165) is 29.1 Å². The number of aryl methyl sites for hydroxylation is 3. The third kappa shape index (κ3) is 5.48. The van der Waals surface area contributed by atoms with Gasteiger partial charge in [-0.05, 0) is 62.6 Å². The Bertz CT molecular complexity index is 1360. The largest absolute Gasteiger partial charge is 0.325 e. The van der Waals surface area contributed by atoms with Crippen molar-refractivity contribution in [1.82, 2.24) is 19.5 Å². The lowest BCUT2D eigenvalue weighted by atomic mass is 10.1. The van der Waals surface area contributed by atoms with Crippen LogP contribution >= 0.6 is 11.8 Å². The summed E-state index contributed by atoms with van der Waals surface area (Å²) < 4.78 is 29.7. The van der Waals surface area contributed by atoms with E-state index in [1.54, 1.807) is 12.1 Å². The molecule has 2 heterocycles. The van der Waals surface area contributed by atoms with E-state index in [0.29, 0.717) is 29.6 Å². The molecular formula is C23H26N6O3S2. The van der Waals surface area contributed by atoms with Crippen LogP contribution in [0.4, 0.5) is 5.69 Å². The number of sulfonamides is 1. The molecule has 4 rings (SSSR count). The number of hydrogen-bond donors (Lipinski definition) is 2. The Balaban J connectivity index is 1.44. The predicted octanol–water partition coefficient (Wildman–Crippen LogP) is 3.39. The molecule has 0 fully saturated rings. The van der Waals surface area contributed by atoms with Crippen molar-refractivity contribution in [2.45, 2.75) is 43.7 Å². The Morgan fingerprint density at radius 3 is 2.71 bits per heavy atom. The second-order valence-corrected chi connectivity index (χ2v) is 10.7. The van der Waals surface area contributed by atoms with Gasteiger partial charge in [0.25, 0.3) is 10.0 Å². The van der Waals surface area contributed by atoms with Gasteiger partial charge in [0, 0.05) is 18.7 Å². The molecule has 0 spiro atoms. The fraction of sp³-hybridized carbons (Fsp3) is 0.304. The summed E-state index contributed by atoms with van der Waals surface area (Å²) in [6.45, 7) is 6.54. The molecular weight excluding hydrogens is 472 g/mol. The van der Waals surface area contributed by atoms with Gasteiger partial charge in [0.1, 0.15) is 11.7 Å². The topological polar surface area (TPSA) is 118 Å². The molecule has 2 N–H and O–H groups in total. The molecule has 0 saturated carbocycles. The molecule has 34 heavy (non-hydrogen) atoms. The molecule has 1 aliphatic heterocycles. The lowest BCUT2D eigenvalue weighted by molar-refractivity contribution is -0.113. The van der Waals surface area contributed by atoms with Gasteiger partial charge in [-0.25, -0.2) is 8.42 Å². The van der Waals surface area contributed by atoms with E-state index in [4.69, 9.17) is 0 Å². The number of hydrogen-bond acceptors (Lipinski definition) is 7. The number of aliphatic imine (C=N–C) groups is 1. The van der Waals surface area contributed by atoms with Crippen LogP contribution in [-0.2, 0) is 14.8 Å². The lowest BCUT2D eigenvalue weighted by Crippen LogP contribution is -2.29. The molecule has 0 unspecified atom stereocenters. The molecule has 2 aromatic carbocycles. The number of amides is 1. The van der Waals surface area contributed by atoms with Crippen LogP contribution < -0.4 is 10.0 Å². The zero-order valence-electron chi connectivity index (χ0n) is 19.2. The lowest BCUT2D eigenvalue weighted by Gasteiger charge is -2.12. The van der Waals surface area contributed by atoms with E-state index in [2.05, 4.69) is 31.3 Å². The number of rotatable bonds is 7. The third-order valence-electron chi connectivity index (χ3n) is 5.29. The zero-order chi connectivity index (χ0) is 24.3. The summed E-state index contributed by atoms with van der Waals surface area (Å²) in [6, 6.07) is 12.3. The van der Waals surface area contributed by atoms with E-state index in [1.165, 1.54) is 23.9 Å². The van der Waals surface area contributed by atoms with Gasteiger partial charge >= 0.3 is 0 Å². The van der Waals surface area contributed by atoms with Gasteiger partial charge < -0.3 is 5.32 Å². The van der Waals surface area contributed by atoms with Crippen LogP contribution in [0.25, 0.3) is 5.69 Å². The first-order valence-corrected chi connectivity index (χ1v) is 13.3. The Morgan fingerprint density at radius 1 is 1.12 bits per heavy atom. The molecule has 3 aromatic rings. The molecule has 0 saturated heterocycles. The maximum atomic E-state index is 12.6.